The van der Waals surface area contributed by atoms with Crippen LogP contribution in [0, 0.1) is 11.8 Å². The van der Waals surface area contributed by atoms with Crippen molar-refractivity contribution in [2.45, 2.75) is 46.6 Å². The second-order valence-electron chi connectivity index (χ2n) is 5.16. The van der Waals surface area contributed by atoms with Crippen LogP contribution in [0.4, 0.5) is 0 Å². The third kappa shape index (κ3) is 3.48. The van der Waals surface area contributed by atoms with E-state index >= 15 is 0 Å². The van der Waals surface area contributed by atoms with Crippen molar-refractivity contribution < 1.29 is 9.53 Å². The standard InChI is InChI=1S/C13H25NO2/c1-5-6-16-9-13(15)14-8-10(2)7-11(3)12(14)4/h10-12H,5-9H2,1-4H3. The Balaban J connectivity index is 2.46. The summed E-state index contributed by atoms with van der Waals surface area (Å²) in [6.45, 7) is 10.5. The maximum absolute atomic E-state index is 12.0. The third-order valence-electron chi connectivity index (χ3n) is 3.49. The first-order valence-corrected chi connectivity index (χ1v) is 6.43. The fourth-order valence-corrected chi connectivity index (χ4v) is 2.43. The van der Waals surface area contributed by atoms with E-state index in [9.17, 15) is 4.79 Å². The molecule has 3 nitrogen and oxygen atoms in total. The zero-order chi connectivity index (χ0) is 12.1. The quantitative estimate of drug-likeness (QED) is 0.690. The van der Waals surface area contributed by atoms with Gasteiger partial charge in [-0.05, 0) is 31.6 Å². The molecule has 1 heterocycles. The Morgan fingerprint density at radius 2 is 2.06 bits per heavy atom. The molecule has 0 aromatic rings. The van der Waals surface area contributed by atoms with Crippen molar-refractivity contribution in [2.75, 3.05) is 19.8 Å². The fourth-order valence-electron chi connectivity index (χ4n) is 2.43. The van der Waals surface area contributed by atoms with E-state index in [0.29, 0.717) is 24.5 Å². The maximum atomic E-state index is 12.0. The zero-order valence-electron chi connectivity index (χ0n) is 11.0. The predicted octanol–water partition coefficient (Wildman–Crippen LogP) is 2.31. The lowest BCUT2D eigenvalue weighted by Crippen LogP contribution is -2.50. The number of nitrogens with zero attached hydrogens (tertiary/aromatic N) is 1. The number of rotatable bonds is 4. The van der Waals surface area contributed by atoms with Gasteiger partial charge >= 0.3 is 0 Å². The van der Waals surface area contributed by atoms with E-state index in [4.69, 9.17) is 4.74 Å². The van der Waals surface area contributed by atoms with Crippen molar-refractivity contribution in [3.63, 3.8) is 0 Å². The van der Waals surface area contributed by atoms with Gasteiger partial charge in [-0.1, -0.05) is 20.8 Å². The van der Waals surface area contributed by atoms with Crippen LogP contribution < -0.4 is 0 Å². The molecule has 94 valence electrons. The Labute approximate surface area is 99.1 Å². The van der Waals surface area contributed by atoms with E-state index in [2.05, 4.69) is 27.7 Å². The van der Waals surface area contributed by atoms with E-state index in [1.54, 1.807) is 0 Å². The summed E-state index contributed by atoms with van der Waals surface area (Å²) in [5.74, 6) is 1.36. The molecule has 0 bridgehead atoms. The molecule has 0 spiro atoms. The minimum Gasteiger partial charge on any atom is -0.372 e. The van der Waals surface area contributed by atoms with Gasteiger partial charge in [-0.25, -0.2) is 0 Å². The van der Waals surface area contributed by atoms with Crippen LogP contribution >= 0.6 is 0 Å². The van der Waals surface area contributed by atoms with Gasteiger partial charge in [0.15, 0.2) is 0 Å². The van der Waals surface area contributed by atoms with Gasteiger partial charge in [0.25, 0.3) is 0 Å². The molecule has 1 fully saturated rings. The summed E-state index contributed by atoms with van der Waals surface area (Å²) in [5.41, 5.74) is 0. The highest BCUT2D eigenvalue weighted by molar-refractivity contribution is 5.77. The minimum atomic E-state index is 0.152. The lowest BCUT2D eigenvalue weighted by molar-refractivity contribution is -0.142. The average molecular weight is 227 g/mol. The Morgan fingerprint density at radius 3 is 2.69 bits per heavy atom. The van der Waals surface area contributed by atoms with Gasteiger partial charge in [-0.3, -0.25) is 4.79 Å². The smallest absolute Gasteiger partial charge is 0.248 e. The van der Waals surface area contributed by atoms with Crippen molar-refractivity contribution in [2.24, 2.45) is 11.8 Å². The number of carbonyl (C=O) groups is 1. The molecule has 3 unspecified atom stereocenters. The van der Waals surface area contributed by atoms with E-state index in [1.807, 2.05) is 4.90 Å². The maximum Gasteiger partial charge on any atom is 0.248 e. The molecule has 1 aliphatic rings. The average Bonchev–Trinajstić information content (AvgIpc) is 2.23. The Kier molecular flexibility index (Phi) is 5.26. The van der Waals surface area contributed by atoms with Crippen LogP contribution in [0.25, 0.3) is 0 Å². The van der Waals surface area contributed by atoms with E-state index in [1.165, 1.54) is 6.42 Å². The van der Waals surface area contributed by atoms with Crippen LogP contribution in [0.3, 0.4) is 0 Å². The first-order valence-electron chi connectivity index (χ1n) is 6.43. The molecule has 1 aliphatic heterocycles. The van der Waals surface area contributed by atoms with Gasteiger partial charge < -0.3 is 9.64 Å². The minimum absolute atomic E-state index is 0.152. The molecule has 1 rings (SSSR count). The number of likely N-dealkylation sites (tertiary alicyclic amines) is 1. The molecule has 3 heteroatoms. The van der Waals surface area contributed by atoms with E-state index < -0.39 is 0 Å². The number of hydrogen-bond acceptors (Lipinski definition) is 2. The number of carbonyl (C=O) groups excluding carboxylic acids is 1. The van der Waals surface area contributed by atoms with Crippen LogP contribution in [-0.2, 0) is 9.53 Å². The lowest BCUT2D eigenvalue weighted by atomic mass is 9.86. The molecule has 16 heavy (non-hydrogen) atoms. The number of hydrogen-bond donors (Lipinski definition) is 0. The normalized spacial score (nSPS) is 30.5. The molecule has 3 atom stereocenters. The van der Waals surface area contributed by atoms with Gasteiger partial charge in [0.2, 0.25) is 5.91 Å². The molecule has 0 aliphatic carbocycles. The Bertz CT molecular complexity index is 230. The second-order valence-corrected chi connectivity index (χ2v) is 5.16. The van der Waals surface area contributed by atoms with Crippen molar-refractivity contribution >= 4 is 5.91 Å². The molecular weight excluding hydrogens is 202 g/mol. The molecule has 0 saturated carbocycles. The number of ether oxygens (including phenoxy) is 1. The SMILES string of the molecule is CCCOCC(=O)N1CC(C)CC(C)C1C. The van der Waals surface area contributed by atoms with Crippen LogP contribution in [0.1, 0.15) is 40.5 Å². The summed E-state index contributed by atoms with van der Waals surface area (Å²) < 4.78 is 5.33. The Hall–Kier alpha value is -0.570. The molecule has 0 N–H and O–H groups in total. The number of amides is 1. The molecule has 1 saturated heterocycles. The fraction of sp³-hybridized carbons (Fsp3) is 0.923. The zero-order valence-corrected chi connectivity index (χ0v) is 11.0. The van der Waals surface area contributed by atoms with Gasteiger partial charge in [0.1, 0.15) is 6.61 Å². The lowest BCUT2D eigenvalue weighted by Gasteiger charge is -2.41. The molecular formula is C13H25NO2. The topological polar surface area (TPSA) is 29.5 Å². The van der Waals surface area contributed by atoms with Gasteiger partial charge in [-0.2, -0.15) is 0 Å². The first-order chi connectivity index (χ1) is 7.56. The largest absolute Gasteiger partial charge is 0.372 e. The van der Waals surface area contributed by atoms with E-state index in [0.717, 1.165) is 13.0 Å². The molecule has 0 aromatic carbocycles. The van der Waals surface area contributed by atoms with E-state index in [-0.39, 0.29) is 12.5 Å². The number of piperidine rings is 1. The highest BCUT2D eigenvalue weighted by Gasteiger charge is 2.31. The van der Waals surface area contributed by atoms with Crippen LogP contribution in [0.15, 0.2) is 0 Å². The monoisotopic (exact) mass is 227 g/mol. The third-order valence-corrected chi connectivity index (χ3v) is 3.49. The highest BCUT2D eigenvalue weighted by Crippen LogP contribution is 2.26. The summed E-state index contributed by atoms with van der Waals surface area (Å²) in [7, 11) is 0. The van der Waals surface area contributed by atoms with Gasteiger partial charge in [0, 0.05) is 19.2 Å². The van der Waals surface area contributed by atoms with Crippen LogP contribution in [0.2, 0.25) is 0 Å². The van der Waals surface area contributed by atoms with Crippen LogP contribution in [0.5, 0.6) is 0 Å². The van der Waals surface area contributed by atoms with Gasteiger partial charge in [0.05, 0.1) is 0 Å². The summed E-state index contributed by atoms with van der Waals surface area (Å²) in [6.07, 6.45) is 2.19. The van der Waals surface area contributed by atoms with Crippen molar-refractivity contribution in [3.05, 3.63) is 0 Å². The first kappa shape index (κ1) is 13.5. The summed E-state index contributed by atoms with van der Waals surface area (Å²) in [6, 6.07) is 0.355. The molecule has 0 radical (unpaired) electrons. The summed E-state index contributed by atoms with van der Waals surface area (Å²) >= 11 is 0. The molecule has 0 aromatic heterocycles. The van der Waals surface area contributed by atoms with Gasteiger partial charge in [-0.15, -0.1) is 0 Å². The summed E-state index contributed by atoms with van der Waals surface area (Å²) in [5, 5.41) is 0. The highest BCUT2D eigenvalue weighted by atomic mass is 16.5. The Morgan fingerprint density at radius 1 is 1.38 bits per heavy atom. The van der Waals surface area contributed by atoms with Crippen LogP contribution in [-0.4, -0.2) is 36.6 Å². The predicted molar refractivity (Wildman–Crippen MR) is 65.2 cm³/mol. The second kappa shape index (κ2) is 6.24. The molecule has 1 amide bonds. The van der Waals surface area contributed by atoms with Crippen molar-refractivity contribution in [1.82, 2.24) is 4.90 Å². The van der Waals surface area contributed by atoms with Crippen molar-refractivity contribution in [1.29, 1.82) is 0 Å². The van der Waals surface area contributed by atoms with Crippen molar-refractivity contribution in [3.8, 4) is 0 Å². The summed E-state index contributed by atoms with van der Waals surface area (Å²) in [4.78, 5) is 14.0.